The molecular formula is C29H26FN7. The van der Waals surface area contributed by atoms with Gasteiger partial charge in [-0.1, -0.05) is 18.2 Å². The van der Waals surface area contributed by atoms with E-state index in [0.29, 0.717) is 0 Å². The van der Waals surface area contributed by atoms with Crippen LogP contribution in [0.15, 0.2) is 73.3 Å². The van der Waals surface area contributed by atoms with Crippen LogP contribution in [0.25, 0.3) is 55.7 Å². The Balaban J connectivity index is 1.41. The lowest BCUT2D eigenvalue weighted by molar-refractivity contribution is 0.400. The Hall–Kier alpha value is -4.43. The van der Waals surface area contributed by atoms with E-state index in [4.69, 9.17) is 4.98 Å². The van der Waals surface area contributed by atoms with Gasteiger partial charge in [-0.15, -0.1) is 0 Å². The van der Waals surface area contributed by atoms with Gasteiger partial charge in [0.1, 0.15) is 23.4 Å². The number of rotatable bonds is 7. The number of hydrogen-bond donors (Lipinski definition) is 2. The Morgan fingerprint density at radius 2 is 1.78 bits per heavy atom. The molecule has 0 saturated heterocycles. The molecule has 6 aromatic rings. The third-order valence-corrected chi connectivity index (χ3v) is 6.52. The largest absolute Gasteiger partial charge is 0.353 e. The van der Waals surface area contributed by atoms with E-state index >= 15 is 0 Å². The molecule has 0 radical (unpaired) electrons. The molecule has 4 aromatic heterocycles. The fourth-order valence-electron chi connectivity index (χ4n) is 4.76. The summed E-state index contributed by atoms with van der Waals surface area (Å²) in [7, 11) is 4.10. The molecule has 6 rings (SSSR count). The number of nitrogens with one attached hydrogen (secondary N) is 2. The second kappa shape index (κ2) is 9.55. The number of aromatic nitrogens is 6. The molecule has 0 amide bonds. The standard InChI is InChI=1S/C29H26FN7/c1-37(2)10-4-5-18-11-19(13-21(30)12-18)22-6-3-7-25-23(22)14-27(33-25)29-28-26(35-36-29)9-8-24(34-28)20-15-31-17-32-16-20/h3,6-9,11-17,33H,4-5,10H2,1-2H3,(H,35,36). The summed E-state index contributed by atoms with van der Waals surface area (Å²) in [6.45, 7) is 0.966. The molecule has 8 heteroatoms. The third-order valence-electron chi connectivity index (χ3n) is 6.52. The van der Waals surface area contributed by atoms with E-state index in [1.807, 2.05) is 30.3 Å². The smallest absolute Gasteiger partial charge is 0.135 e. The fraction of sp³-hybridized carbons (Fsp3) is 0.172. The number of aryl methyl sites for hydroxylation is 1. The van der Waals surface area contributed by atoms with Crippen molar-refractivity contribution in [2.75, 3.05) is 20.6 Å². The van der Waals surface area contributed by atoms with Gasteiger partial charge in [0.15, 0.2) is 0 Å². The topological polar surface area (TPSA) is 86.4 Å². The summed E-state index contributed by atoms with van der Waals surface area (Å²) in [4.78, 5) is 18.7. The summed E-state index contributed by atoms with van der Waals surface area (Å²) in [5.41, 5.74) is 8.56. The number of nitrogens with zero attached hydrogens (tertiary/aromatic N) is 5. The van der Waals surface area contributed by atoms with E-state index in [-0.39, 0.29) is 5.82 Å². The highest BCUT2D eigenvalue weighted by Gasteiger charge is 2.16. The summed E-state index contributed by atoms with van der Waals surface area (Å²) in [6.07, 6.45) is 6.79. The molecule has 184 valence electrons. The molecular weight excluding hydrogens is 465 g/mol. The van der Waals surface area contributed by atoms with E-state index in [2.05, 4.69) is 56.3 Å². The predicted octanol–water partition coefficient (Wildman–Crippen LogP) is 5.86. The van der Waals surface area contributed by atoms with Crippen LogP contribution in [0.5, 0.6) is 0 Å². The molecule has 0 spiro atoms. The average Bonchev–Trinajstić information content (AvgIpc) is 3.52. The molecule has 37 heavy (non-hydrogen) atoms. The fourth-order valence-corrected chi connectivity index (χ4v) is 4.76. The summed E-state index contributed by atoms with van der Waals surface area (Å²) >= 11 is 0. The zero-order valence-electron chi connectivity index (χ0n) is 20.7. The first-order valence-corrected chi connectivity index (χ1v) is 12.2. The summed E-state index contributed by atoms with van der Waals surface area (Å²) < 4.78 is 14.6. The van der Waals surface area contributed by atoms with Crippen LogP contribution in [-0.2, 0) is 6.42 Å². The van der Waals surface area contributed by atoms with Crippen molar-refractivity contribution in [1.82, 2.24) is 35.0 Å². The van der Waals surface area contributed by atoms with Crippen molar-refractivity contribution < 1.29 is 4.39 Å². The maximum absolute atomic E-state index is 14.6. The summed E-state index contributed by atoms with van der Waals surface area (Å²) in [5.74, 6) is -0.218. The third kappa shape index (κ3) is 4.59. The van der Waals surface area contributed by atoms with Gasteiger partial charge >= 0.3 is 0 Å². The molecule has 0 unspecified atom stereocenters. The van der Waals surface area contributed by atoms with Crippen molar-refractivity contribution in [3.63, 3.8) is 0 Å². The molecule has 0 aliphatic rings. The van der Waals surface area contributed by atoms with Crippen molar-refractivity contribution in [2.45, 2.75) is 12.8 Å². The molecule has 2 aromatic carbocycles. The van der Waals surface area contributed by atoms with Crippen molar-refractivity contribution in [3.05, 3.63) is 84.7 Å². The maximum Gasteiger partial charge on any atom is 0.135 e. The van der Waals surface area contributed by atoms with Gasteiger partial charge in [-0.3, -0.25) is 5.10 Å². The van der Waals surface area contributed by atoms with Crippen LogP contribution >= 0.6 is 0 Å². The Labute approximate surface area is 213 Å². The van der Waals surface area contributed by atoms with Crippen LogP contribution in [0.1, 0.15) is 12.0 Å². The second-order valence-corrected chi connectivity index (χ2v) is 9.50. The molecule has 0 aliphatic carbocycles. The number of H-pyrrole nitrogens is 2. The molecule has 0 fully saturated rings. The highest BCUT2D eigenvalue weighted by atomic mass is 19.1. The molecule has 0 atom stereocenters. The van der Waals surface area contributed by atoms with E-state index in [9.17, 15) is 4.39 Å². The van der Waals surface area contributed by atoms with Gasteiger partial charge in [0.2, 0.25) is 0 Å². The number of aromatic amines is 2. The van der Waals surface area contributed by atoms with Gasteiger partial charge in [0.25, 0.3) is 0 Å². The number of benzene rings is 2. The van der Waals surface area contributed by atoms with Crippen LogP contribution in [0.3, 0.4) is 0 Å². The number of pyridine rings is 1. The average molecular weight is 492 g/mol. The Bertz CT molecular complexity index is 1700. The molecule has 0 bridgehead atoms. The van der Waals surface area contributed by atoms with Crippen LogP contribution in [0.2, 0.25) is 0 Å². The molecule has 0 aliphatic heterocycles. The first kappa shape index (κ1) is 23.0. The Morgan fingerprint density at radius 1 is 0.919 bits per heavy atom. The first-order chi connectivity index (χ1) is 18.0. The summed E-state index contributed by atoms with van der Waals surface area (Å²) in [5, 5.41) is 8.65. The van der Waals surface area contributed by atoms with E-state index in [1.54, 1.807) is 24.5 Å². The van der Waals surface area contributed by atoms with Crippen LogP contribution < -0.4 is 0 Å². The lowest BCUT2D eigenvalue weighted by atomic mass is 9.98. The number of halogens is 1. The predicted molar refractivity (Wildman–Crippen MR) is 144 cm³/mol. The molecule has 2 N–H and O–H groups in total. The van der Waals surface area contributed by atoms with Gasteiger partial charge < -0.3 is 9.88 Å². The highest BCUT2D eigenvalue weighted by molar-refractivity contribution is 6.00. The second-order valence-electron chi connectivity index (χ2n) is 9.50. The monoisotopic (exact) mass is 491 g/mol. The van der Waals surface area contributed by atoms with Crippen molar-refractivity contribution in [1.29, 1.82) is 0 Å². The van der Waals surface area contributed by atoms with Gasteiger partial charge in [0.05, 0.1) is 16.9 Å². The van der Waals surface area contributed by atoms with Crippen molar-refractivity contribution in [2.24, 2.45) is 0 Å². The zero-order chi connectivity index (χ0) is 25.4. The van der Waals surface area contributed by atoms with Gasteiger partial charge in [-0.25, -0.2) is 19.3 Å². The molecule has 0 saturated carbocycles. The van der Waals surface area contributed by atoms with Crippen molar-refractivity contribution in [3.8, 4) is 33.8 Å². The minimum absolute atomic E-state index is 0.218. The van der Waals surface area contributed by atoms with E-state index in [1.165, 1.54) is 6.33 Å². The number of hydrogen-bond acceptors (Lipinski definition) is 5. The highest BCUT2D eigenvalue weighted by Crippen LogP contribution is 2.35. The Kier molecular flexibility index (Phi) is 5.94. The SMILES string of the molecule is CN(C)CCCc1cc(F)cc(-c2cccc3[nH]c(-c4n[nH]c5ccc(-c6cncnc6)nc45)cc23)c1. The maximum atomic E-state index is 14.6. The zero-order valence-corrected chi connectivity index (χ0v) is 20.7. The first-order valence-electron chi connectivity index (χ1n) is 12.2. The molecule has 7 nitrogen and oxygen atoms in total. The number of fused-ring (bicyclic) bond motifs is 2. The van der Waals surface area contributed by atoms with Gasteiger partial charge in [0, 0.05) is 28.9 Å². The van der Waals surface area contributed by atoms with E-state index in [0.717, 1.165) is 80.7 Å². The quantitative estimate of drug-likeness (QED) is 0.292. The minimum atomic E-state index is -0.218. The van der Waals surface area contributed by atoms with Crippen LogP contribution in [0.4, 0.5) is 4.39 Å². The Morgan fingerprint density at radius 3 is 2.62 bits per heavy atom. The van der Waals surface area contributed by atoms with Gasteiger partial charge in [-0.2, -0.15) is 5.10 Å². The molecule has 4 heterocycles. The van der Waals surface area contributed by atoms with Crippen molar-refractivity contribution >= 4 is 21.9 Å². The van der Waals surface area contributed by atoms with Crippen LogP contribution in [-0.4, -0.2) is 55.7 Å². The lowest BCUT2D eigenvalue weighted by Gasteiger charge is -2.11. The minimum Gasteiger partial charge on any atom is -0.353 e. The van der Waals surface area contributed by atoms with Crippen LogP contribution in [0, 0.1) is 5.82 Å². The van der Waals surface area contributed by atoms with Gasteiger partial charge in [-0.05, 0) is 86.6 Å². The summed E-state index contributed by atoms with van der Waals surface area (Å²) in [6, 6.07) is 17.3. The lowest BCUT2D eigenvalue weighted by Crippen LogP contribution is -2.13. The van der Waals surface area contributed by atoms with E-state index < -0.39 is 0 Å². The normalized spacial score (nSPS) is 11.7.